The highest BCUT2D eigenvalue weighted by Crippen LogP contribution is 2.74. The van der Waals surface area contributed by atoms with Crippen LogP contribution in [0.5, 0.6) is 0 Å². The third-order valence-electron chi connectivity index (χ3n) is 12.1. The van der Waals surface area contributed by atoms with Crippen LogP contribution in [0.15, 0.2) is 23.4 Å². The van der Waals surface area contributed by atoms with Crippen molar-refractivity contribution in [2.24, 2.45) is 50.2 Å². The predicted molar refractivity (Wildman–Crippen MR) is 136 cm³/mol. The van der Waals surface area contributed by atoms with Gasteiger partial charge in [-0.15, -0.1) is 0 Å². The van der Waals surface area contributed by atoms with Crippen LogP contribution in [0.1, 0.15) is 93.4 Å². The Balaban J connectivity index is 1.70. The molecule has 0 aliphatic heterocycles. The van der Waals surface area contributed by atoms with Crippen LogP contribution in [0, 0.1) is 56.8 Å². The fourth-order valence-electron chi connectivity index (χ4n) is 9.85. The molecule has 0 spiro atoms. The molecule has 3 saturated carbocycles. The van der Waals surface area contributed by atoms with E-state index in [1.165, 1.54) is 6.29 Å². The molecule has 188 valence electrons. The molecule has 0 amide bonds. The van der Waals surface area contributed by atoms with Gasteiger partial charge in [-0.1, -0.05) is 60.1 Å². The molecule has 0 saturated heterocycles. The Labute approximate surface area is 210 Å². The van der Waals surface area contributed by atoms with Crippen molar-refractivity contribution >= 4 is 17.9 Å². The van der Waals surface area contributed by atoms with Crippen molar-refractivity contribution in [2.75, 3.05) is 0 Å². The summed E-state index contributed by atoms with van der Waals surface area (Å²) < 4.78 is 0. The van der Waals surface area contributed by atoms with Crippen LogP contribution in [0.2, 0.25) is 0 Å². The number of aldehydes is 1. The zero-order valence-corrected chi connectivity index (χ0v) is 22.6. The van der Waals surface area contributed by atoms with Crippen LogP contribution in [0.3, 0.4) is 0 Å². The Morgan fingerprint density at radius 1 is 0.971 bits per heavy atom. The monoisotopic (exact) mass is 475 g/mol. The van der Waals surface area contributed by atoms with Crippen molar-refractivity contribution in [1.29, 1.82) is 0 Å². The fourth-order valence-corrected chi connectivity index (χ4v) is 9.85. The van der Waals surface area contributed by atoms with Crippen molar-refractivity contribution in [2.45, 2.75) is 93.4 Å². The van der Waals surface area contributed by atoms with Gasteiger partial charge in [0, 0.05) is 22.2 Å². The van der Waals surface area contributed by atoms with Gasteiger partial charge in [0.25, 0.3) is 0 Å². The van der Waals surface area contributed by atoms with Crippen LogP contribution >= 0.6 is 0 Å². The summed E-state index contributed by atoms with van der Waals surface area (Å²) in [6.45, 7) is 23.1. The highest BCUT2D eigenvalue weighted by Gasteiger charge is 2.69. The van der Waals surface area contributed by atoms with E-state index in [-0.39, 0.29) is 56.7 Å². The van der Waals surface area contributed by atoms with E-state index in [9.17, 15) is 14.4 Å². The number of hydrogen-bond acceptors (Lipinski definition) is 3. The van der Waals surface area contributed by atoms with Crippen molar-refractivity contribution in [1.82, 2.24) is 0 Å². The van der Waals surface area contributed by atoms with Gasteiger partial charge in [0.1, 0.15) is 6.29 Å². The third-order valence-corrected chi connectivity index (χ3v) is 12.1. The maximum Gasteiger partial charge on any atom is 0.226 e. The second kappa shape index (κ2) is 7.05. The molecular formula is C31H41NO3. The molecule has 35 heavy (non-hydrogen) atoms. The minimum Gasteiger partial charge on any atom is -0.307 e. The number of carbonyl (C=O) groups excluding carboxylic acids is 3. The van der Waals surface area contributed by atoms with Gasteiger partial charge in [-0.3, -0.25) is 4.79 Å². The number of hydrogen-bond donors (Lipinski definition) is 0. The molecule has 2 unspecified atom stereocenters. The van der Waals surface area contributed by atoms with Crippen molar-refractivity contribution < 1.29 is 14.4 Å². The van der Waals surface area contributed by atoms with Gasteiger partial charge < -0.3 is 9.59 Å². The maximum atomic E-state index is 14.2. The van der Waals surface area contributed by atoms with Gasteiger partial charge in [-0.25, -0.2) is 4.85 Å². The largest absolute Gasteiger partial charge is 0.307 e. The number of allylic oxidation sites excluding steroid dienone is 4. The number of rotatable bonds is 1. The molecule has 0 aromatic heterocycles. The Morgan fingerprint density at radius 3 is 2.26 bits per heavy atom. The SMILES string of the molecule is [C-]#[N+]C1=C[C@]2(C)C3=CC(=O)C4C5CC(C)(C)CC[C@]5(C=O)CC[C@@]4(C)[C@]3(C)CC[C@H]2C(C)(C)C1=O. The molecule has 0 N–H and O–H groups in total. The van der Waals surface area contributed by atoms with E-state index in [1.807, 2.05) is 26.0 Å². The molecule has 0 aromatic rings. The Kier molecular flexibility index (Phi) is 4.97. The third kappa shape index (κ3) is 2.88. The summed E-state index contributed by atoms with van der Waals surface area (Å²) in [5, 5.41) is 0. The molecule has 3 fully saturated rings. The van der Waals surface area contributed by atoms with Gasteiger partial charge in [-0.2, -0.15) is 0 Å². The summed E-state index contributed by atoms with van der Waals surface area (Å²) in [6, 6.07) is 0. The summed E-state index contributed by atoms with van der Waals surface area (Å²) in [5.41, 5.74) is -0.507. The standard InChI is InChI=1S/C31H41NO3/c1-26(2)11-13-31(18-33)14-12-30(7)24(19(31)16-26)21(34)15-23-28(5)17-20(32-8)25(35)27(3,4)22(28)9-10-29(23,30)6/h15,17-19,22,24H,9-14,16H2,1-7H3/t19?,22-,24?,28-,29+,30+,31+/m0/s1. The van der Waals surface area contributed by atoms with Crippen molar-refractivity contribution in [3.8, 4) is 0 Å². The van der Waals surface area contributed by atoms with Crippen LogP contribution in [-0.4, -0.2) is 17.9 Å². The number of carbonyl (C=O) groups is 3. The summed E-state index contributed by atoms with van der Waals surface area (Å²) in [7, 11) is 0. The first-order valence-electron chi connectivity index (χ1n) is 13.5. The lowest BCUT2D eigenvalue weighted by molar-refractivity contribution is -0.171. The maximum absolute atomic E-state index is 14.2. The number of Topliss-reactive ketones (excluding diaryl/α,β-unsaturated/α-hetero) is 1. The van der Waals surface area contributed by atoms with Crippen molar-refractivity contribution in [3.05, 3.63) is 34.8 Å². The van der Waals surface area contributed by atoms with Crippen LogP contribution < -0.4 is 0 Å². The second-order valence-corrected chi connectivity index (χ2v) is 14.6. The van der Waals surface area contributed by atoms with E-state index in [4.69, 9.17) is 6.57 Å². The molecule has 5 aliphatic carbocycles. The molecule has 4 heteroatoms. The normalized spacial score (nSPS) is 47.7. The smallest absolute Gasteiger partial charge is 0.226 e. The molecule has 5 rings (SSSR count). The van der Waals surface area contributed by atoms with Gasteiger partial charge in [0.05, 0.1) is 6.57 Å². The lowest BCUT2D eigenvalue weighted by Gasteiger charge is -2.68. The number of nitrogens with zero attached hydrogens (tertiary/aromatic N) is 1. The quantitative estimate of drug-likeness (QED) is 0.311. The van der Waals surface area contributed by atoms with Crippen LogP contribution in [0.4, 0.5) is 0 Å². The van der Waals surface area contributed by atoms with E-state index >= 15 is 0 Å². The molecule has 7 atom stereocenters. The summed E-state index contributed by atoms with van der Waals surface area (Å²) in [5.74, 6) is 0.0871. The lowest BCUT2D eigenvalue weighted by Crippen LogP contribution is -2.65. The molecule has 0 bridgehead atoms. The number of fused-ring (bicyclic) bond motifs is 7. The van der Waals surface area contributed by atoms with Gasteiger partial charge >= 0.3 is 0 Å². The highest BCUT2D eigenvalue weighted by atomic mass is 16.1. The Hall–Kier alpha value is -2.02. The second-order valence-electron chi connectivity index (χ2n) is 14.6. The number of ketones is 2. The highest BCUT2D eigenvalue weighted by molar-refractivity contribution is 6.03. The Morgan fingerprint density at radius 2 is 1.63 bits per heavy atom. The molecule has 0 radical (unpaired) electrons. The first-order valence-corrected chi connectivity index (χ1v) is 13.5. The van der Waals surface area contributed by atoms with Gasteiger partial charge in [0.2, 0.25) is 5.70 Å². The minimum absolute atomic E-state index is 0.0616. The van der Waals surface area contributed by atoms with Crippen LogP contribution in [0.25, 0.3) is 4.85 Å². The fraction of sp³-hybridized carbons (Fsp3) is 0.742. The topological polar surface area (TPSA) is 55.6 Å². The lowest BCUT2D eigenvalue weighted by atomic mass is 9.34. The van der Waals surface area contributed by atoms with E-state index in [2.05, 4.69) is 39.5 Å². The zero-order valence-electron chi connectivity index (χ0n) is 22.6. The van der Waals surface area contributed by atoms with E-state index in [0.29, 0.717) is 0 Å². The zero-order chi connectivity index (χ0) is 25.8. The van der Waals surface area contributed by atoms with E-state index in [1.54, 1.807) is 0 Å². The first kappa shape index (κ1) is 24.7. The Bertz CT molecular complexity index is 1130. The first-order chi connectivity index (χ1) is 16.1. The summed E-state index contributed by atoms with van der Waals surface area (Å²) in [4.78, 5) is 43.6. The van der Waals surface area contributed by atoms with Gasteiger partial charge in [0.15, 0.2) is 11.6 Å². The summed E-state index contributed by atoms with van der Waals surface area (Å²) in [6.07, 6.45) is 11.4. The predicted octanol–water partition coefficient (Wildman–Crippen LogP) is 6.76. The molecule has 0 heterocycles. The minimum atomic E-state index is -0.640. The summed E-state index contributed by atoms with van der Waals surface area (Å²) >= 11 is 0. The van der Waals surface area contributed by atoms with Crippen molar-refractivity contribution in [3.63, 3.8) is 0 Å². The van der Waals surface area contributed by atoms with Gasteiger partial charge in [-0.05, 0) is 79.1 Å². The average molecular weight is 476 g/mol. The molecular weight excluding hydrogens is 434 g/mol. The van der Waals surface area contributed by atoms with E-state index < -0.39 is 10.8 Å². The molecule has 0 aromatic carbocycles. The van der Waals surface area contributed by atoms with Crippen LogP contribution in [-0.2, 0) is 14.4 Å². The molecule has 5 aliphatic rings. The average Bonchev–Trinajstić information content (AvgIpc) is 2.77. The molecule has 4 nitrogen and oxygen atoms in total. The van der Waals surface area contributed by atoms with E-state index in [0.717, 1.165) is 50.5 Å².